The van der Waals surface area contributed by atoms with Crippen molar-refractivity contribution in [3.05, 3.63) is 120 Å². The highest BCUT2D eigenvalue weighted by atomic mass is 16.5. The highest BCUT2D eigenvalue weighted by Gasteiger charge is 2.42. The number of hydrogen-bond acceptors (Lipinski definition) is 2. The molecule has 4 aromatic rings. The molecule has 0 aromatic heterocycles. The van der Waals surface area contributed by atoms with Gasteiger partial charge in [0.05, 0.1) is 13.2 Å². The Kier molecular flexibility index (Phi) is 5.45. The standard InChI is InChI=1S/C29H26O2/c1-3-11-23(12-4-1)30-21-19-29(20-22-31-24-13-5-2-6-14-24)27-17-9-7-15-25(27)26-16-8-10-18-28(26)29/h1-18H,19-22H2. The van der Waals surface area contributed by atoms with Gasteiger partial charge in [-0.3, -0.25) is 0 Å². The van der Waals surface area contributed by atoms with E-state index in [0.717, 1.165) is 24.3 Å². The van der Waals surface area contributed by atoms with Crippen LogP contribution >= 0.6 is 0 Å². The molecule has 1 aliphatic rings. The SMILES string of the molecule is c1ccc(OCCC2(CCOc3ccccc3)c3ccccc3-c3ccccc32)cc1. The van der Waals surface area contributed by atoms with Crippen LogP contribution in [-0.2, 0) is 5.41 Å². The molecule has 0 saturated heterocycles. The zero-order valence-corrected chi connectivity index (χ0v) is 17.5. The lowest BCUT2D eigenvalue weighted by molar-refractivity contribution is 0.233. The quantitative estimate of drug-likeness (QED) is 0.317. The number of para-hydroxylation sites is 2. The summed E-state index contributed by atoms with van der Waals surface area (Å²) >= 11 is 0. The minimum absolute atomic E-state index is 0.128. The lowest BCUT2D eigenvalue weighted by Gasteiger charge is -2.32. The Balaban J connectivity index is 1.45. The van der Waals surface area contributed by atoms with E-state index >= 15 is 0 Å². The maximum atomic E-state index is 6.15. The monoisotopic (exact) mass is 406 g/mol. The third-order valence-corrected chi connectivity index (χ3v) is 6.26. The van der Waals surface area contributed by atoms with Gasteiger partial charge >= 0.3 is 0 Å². The molecule has 0 spiro atoms. The third kappa shape index (κ3) is 3.82. The second-order valence-electron chi connectivity index (χ2n) is 8.00. The van der Waals surface area contributed by atoms with Crippen molar-refractivity contribution in [3.63, 3.8) is 0 Å². The fraction of sp³-hybridized carbons (Fsp3) is 0.172. The van der Waals surface area contributed by atoms with E-state index in [1.165, 1.54) is 22.3 Å². The van der Waals surface area contributed by atoms with E-state index < -0.39 is 0 Å². The molecule has 0 bridgehead atoms. The first kappa shape index (κ1) is 19.4. The van der Waals surface area contributed by atoms with Crippen LogP contribution in [0.15, 0.2) is 109 Å². The van der Waals surface area contributed by atoms with E-state index in [9.17, 15) is 0 Å². The summed E-state index contributed by atoms with van der Waals surface area (Å²) < 4.78 is 12.3. The smallest absolute Gasteiger partial charge is 0.119 e. The van der Waals surface area contributed by atoms with Gasteiger partial charge in [-0.25, -0.2) is 0 Å². The van der Waals surface area contributed by atoms with Crippen LogP contribution in [0.25, 0.3) is 11.1 Å². The minimum atomic E-state index is -0.128. The van der Waals surface area contributed by atoms with Crippen molar-refractivity contribution in [3.8, 4) is 22.6 Å². The Morgan fingerprint density at radius 2 is 0.839 bits per heavy atom. The summed E-state index contributed by atoms with van der Waals surface area (Å²) in [6, 6.07) is 37.7. The molecule has 0 N–H and O–H groups in total. The molecule has 0 saturated carbocycles. The number of hydrogen-bond donors (Lipinski definition) is 0. The maximum Gasteiger partial charge on any atom is 0.119 e. The molecule has 1 aliphatic carbocycles. The van der Waals surface area contributed by atoms with Crippen LogP contribution in [0.2, 0.25) is 0 Å². The molecule has 4 aromatic carbocycles. The van der Waals surface area contributed by atoms with E-state index in [4.69, 9.17) is 9.47 Å². The van der Waals surface area contributed by atoms with Gasteiger partial charge in [0.25, 0.3) is 0 Å². The van der Waals surface area contributed by atoms with Gasteiger partial charge in [0, 0.05) is 5.41 Å². The predicted molar refractivity (Wildman–Crippen MR) is 126 cm³/mol. The molecular weight excluding hydrogens is 380 g/mol. The van der Waals surface area contributed by atoms with Crippen molar-refractivity contribution in [1.82, 2.24) is 0 Å². The zero-order valence-electron chi connectivity index (χ0n) is 17.5. The number of ether oxygens (including phenoxy) is 2. The summed E-state index contributed by atoms with van der Waals surface area (Å²) in [4.78, 5) is 0. The van der Waals surface area contributed by atoms with Gasteiger partial charge in [0.1, 0.15) is 11.5 Å². The molecule has 0 atom stereocenters. The predicted octanol–water partition coefficient (Wildman–Crippen LogP) is 6.89. The molecule has 2 heteroatoms. The van der Waals surface area contributed by atoms with Crippen molar-refractivity contribution >= 4 is 0 Å². The van der Waals surface area contributed by atoms with Gasteiger partial charge in [0.2, 0.25) is 0 Å². The van der Waals surface area contributed by atoms with Crippen molar-refractivity contribution < 1.29 is 9.47 Å². The summed E-state index contributed by atoms with van der Waals surface area (Å²) in [7, 11) is 0. The molecule has 2 nitrogen and oxygen atoms in total. The fourth-order valence-electron chi connectivity index (χ4n) is 4.80. The highest BCUT2D eigenvalue weighted by molar-refractivity contribution is 5.81. The maximum absolute atomic E-state index is 6.15. The van der Waals surface area contributed by atoms with E-state index in [1.807, 2.05) is 60.7 Å². The van der Waals surface area contributed by atoms with E-state index in [0.29, 0.717) is 13.2 Å². The molecule has 0 radical (unpaired) electrons. The lowest BCUT2D eigenvalue weighted by Crippen LogP contribution is -2.30. The molecule has 31 heavy (non-hydrogen) atoms. The second kappa shape index (κ2) is 8.69. The third-order valence-electron chi connectivity index (χ3n) is 6.26. The summed E-state index contributed by atoms with van der Waals surface area (Å²) in [6.07, 6.45) is 1.79. The van der Waals surface area contributed by atoms with Crippen molar-refractivity contribution in [1.29, 1.82) is 0 Å². The summed E-state index contributed by atoms with van der Waals surface area (Å²) in [6.45, 7) is 1.30. The van der Waals surface area contributed by atoms with Crippen LogP contribution in [0, 0.1) is 0 Å². The van der Waals surface area contributed by atoms with Gasteiger partial charge in [-0.15, -0.1) is 0 Å². The normalized spacial score (nSPS) is 13.3. The fourth-order valence-corrected chi connectivity index (χ4v) is 4.80. The average Bonchev–Trinajstić information content (AvgIpc) is 3.11. The topological polar surface area (TPSA) is 18.5 Å². The Labute approximate surface area is 184 Å². The average molecular weight is 407 g/mol. The van der Waals surface area contributed by atoms with Gasteiger partial charge in [-0.2, -0.15) is 0 Å². The molecule has 0 aliphatic heterocycles. The van der Waals surface area contributed by atoms with E-state index in [-0.39, 0.29) is 5.41 Å². The van der Waals surface area contributed by atoms with Crippen LogP contribution in [-0.4, -0.2) is 13.2 Å². The number of rotatable bonds is 8. The molecule has 154 valence electrons. The second-order valence-corrected chi connectivity index (χ2v) is 8.00. The molecule has 0 unspecified atom stereocenters. The Morgan fingerprint density at radius 1 is 0.452 bits per heavy atom. The lowest BCUT2D eigenvalue weighted by atomic mass is 9.73. The van der Waals surface area contributed by atoms with Crippen molar-refractivity contribution in [2.75, 3.05) is 13.2 Å². The van der Waals surface area contributed by atoms with Gasteiger partial charge < -0.3 is 9.47 Å². The van der Waals surface area contributed by atoms with Gasteiger partial charge in [-0.1, -0.05) is 84.9 Å². The molecule has 0 heterocycles. The Hall–Kier alpha value is -3.52. The van der Waals surface area contributed by atoms with Crippen LogP contribution in [0.3, 0.4) is 0 Å². The van der Waals surface area contributed by atoms with Crippen LogP contribution in [0.5, 0.6) is 11.5 Å². The number of benzene rings is 4. The summed E-state index contributed by atoms with van der Waals surface area (Å²) in [5.41, 5.74) is 5.29. The minimum Gasteiger partial charge on any atom is -0.494 e. The van der Waals surface area contributed by atoms with E-state index in [2.05, 4.69) is 48.5 Å². The van der Waals surface area contributed by atoms with Gasteiger partial charge in [0.15, 0.2) is 0 Å². The van der Waals surface area contributed by atoms with Crippen LogP contribution < -0.4 is 9.47 Å². The van der Waals surface area contributed by atoms with E-state index in [1.54, 1.807) is 0 Å². The summed E-state index contributed by atoms with van der Waals surface area (Å²) in [5.74, 6) is 1.83. The van der Waals surface area contributed by atoms with Gasteiger partial charge in [-0.05, 0) is 59.4 Å². The molecule has 0 amide bonds. The first-order chi connectivity index (χ1) is 15.4. The molecule has 5 rings (SSSR count). The van der Waals surface area contributed by atoms with Crippen molar-refractivity contribution in [2.24, 2.45) is 0 Å². The molecule has 0 fully saturated rings. The Morgan fingerprint density at radius 3 is 1.29 bits per heavy atom. The van der Waals surface area contributed by atoms with Crippen LogP contribution in [0.4, 0.5) is 0 Å². The zero-order chi connectivity index (χ0) is 20.9. The Bertz CT molecular complexity index is 1040. The highest BCUT2D eigenvalue weighted by Crippen LogP contribution is 2.52. The first-order valence-electron chi connectivity index (χ1n) is 10.9. The molecular formula is C29H26O2. The largest absolute Gasteiger partial charge is 0.494 e. The number of fused-ring (bicyclic) bond motifs is 3. The summed E-state index contributed by atoms with van der Waals surface area (Å²) in [5, 5.41) is 0. The first-order valence-corrected chi connectivity index (χ1v) is 10.9. The van der Waals surface area contributed by atoms with Crippen LogP contribution in [0.1, 0.15) is 24.0 Å². The van der Waals surface area contributed by atoms with Crippen molar-refractivity contribution in [2.45, 2.75) is 18.3 Å².